The van der Waals surface area contributed by atoms with E-state index in [2.05, 4.69) is 125 Å². The van der Waals surface area contributed by atoms with E-state index in [1.54, 1.807) is 17.8 Å². The highest BCUT2D eigenvalue weighted by molar-refractivity contribution is 8.00. The molecule has 7 rings (SSSR count). The molecule has 3 amide bonds. The van der Waals surface area contributed by atoms with Crippen LogP contribution in [0, 0.1) is 11.8 Å². The van der Waals surface area contributed by atoms with Crippen LogP contribution in [0.4, 0.5) is 0 Å². The topological polar surface area (TPSA) is 134 Å². The molecule has 4 N–H and O–H groups in total. The molecule has 0 radical (unpaired) electrons. The molecule has 6 aromatic rings. The van der Waals surface area contributed by atoms with Gasteiger partial charge in [-0.25, -0.2) is 0 Å². The number of nitrogens with one attached hydrogen (secondary N) is 3. The second kappa shape index (κ2) is 25.8. The molecule has 5 atom stereocenters. The zero-order valence-corrected chi connectivity index (χ0v) is 43.2. The number of hydrogen-bond acceptors (Lipinski definition) is 8. The van der Waals surface area contributed by atoms with E-state index in [-0.39, 0.29) is 30.4 Å². The van der Waals surface area contributed by atoms with Gasteiger partial charge in [0.2, 0.25) is 17.7 Å². The van der Waals surface area contributed by atoms with Crippen LogP contribution < -0.4 is 16.0 Å². The molecule has 9 nitrogen and oxygen atoms in total. The molecule has 0 bridgehead atoms. The van der Waals surface area contributed by atoms with Crippen molar-refractivity contribution in [3.63, 3.8) is 0 Å². The van der Waals surface area contributed by atoms with Gasteiger partial charge in [0.1, 0.15) is 18.2 Å². The van der Waals surface area contributed by atoms with E-state index in [0.29, 0.717) is 12.2 Å². The van der Waals surface area contributed by atoms with E-state index in [4.69, 9.17) is 4.74 Å². The molecule has 11 heteroatoms. The summed E-state index contributed by atoms with van der Waals surface area (Å²) in [7, 11) is 0. The van der Waals surface area contributed by atoms with Crippen LogP contribution >= 0.6 is 23.5 Å². The first-order valence-corrected chi connectivity index (χ1v) is 26.9. The van der Waals surface area contributed by atoms with Crippen molar-refractivity contribution < 1.29 is 29.0 Å². The molecule has 1 fully saturated rings. The number of allylic oxidation sites excluding steroid dienone is 1. The van der Waals surface area contributed by atoms with Crippen molar-refractivity contribution in [2.45, 2.75) is 93.2 Å². The van der Waals surface area contributed by atoms with Crippen molar-refractivity contribution in [2.75, 3.05) is 11.5 Å². The number of aliphatic hydroxyl groups excluding tert-OH is 1. The van der Waals surface area contributed by atoms with Crippen LogP contribution in [0.25, 0.3) is 0 Å². The van der Waals surface area contributed by atoms with E-state index >= 15 is 0 Å². The lowest BCUT2D eigenvalue weighted by Gasteiger charge is -2.37. The molecule has 0 aromatic heterocycles. The van der Waals surface area contributed by atoms with Gasteiger partial charge in [0, 0.05) is 5.75 Å². The highest BCUT2D eigenvalue weighted by Gasteiger charge is 2.41. The van der Waals surface area contributed by atoms with Crippen molar-refractivity contribution in [3.8, 4) is 0 Å². The average molecular weight is 1000 g/mol. The van der Waals surface area contributed by atoms with Gasteiger partial charge in [-0.15, -0.1) is 23.5 Å². The van der Waals surface area contributed by atoms with Crippen LogP contribution in [0.2, 0.25) is 0 Å². The van der Waals surface area contributed by atoms with Crippen molar-refractivity contribution >= 4 is 47.2 Å². The summed E-state index contributed by atoms with van der Waals surface area (Å²) in [5.41, 5.74) is 6.38. The normalized spacial score (nSPS) is 19.7. The summed E-state index contributed by atoms with van der Waals surface area (Å²) in [4.78, 5) is 57.2. The second-order valence-corrected chi connectivity index (χ2v) is 21.6. The molecule has 1 saturated heterocycles. The van der Waals surface area contributed by atoms with Crippen LogP contribution in [-0.4, -0.2) is 70.6 Å². The summed E-state index contributed by atoms with van der Waals surface area (Å²) in [5.74, 6) is -1.79. The third kappa shape index (κ3) is 13.4. The molecule has 1 aliphatic heterocycles. The number of carbonyl (C=O) groups is 4. The summed E-state index contributed by atoms with van der Waals surface area (Å²) >= 11 is 3.32. The van der Waals surface area contributed by atoms with Crippen molar-refractivity contribution in [2.24, 2.45) is 11.8 Å². The highest BCUT2D eigenvalue weighted by atomic mass is 32.2. The molecule has 6 aromatic carbocycles. The number of thioether (sulfide) groups is 2. The Morgan fingerprint density at radius 1 is 0.556 bits per heavy atom. The zero-order valence-electron chi connectivity index (χ0n) is 41.6. The molecule has 0 aliphatic carbocycles. The Hall–Kier alpha value is -6.40. The van der Waals surface area contributed by atoms with Gasteiger partial charge in [0.25, 0.3) is 0 Å². The van der Waals surface area contributed by atoms with Crippen LogP contribution in [-0.2, 0) is 33.4 Å². The van der Waals surface area contributed by atoms with Crippen LogP contribution in [0.1, 0.15) is 86.8 Å². The van der Waals surface area contributed by atoms with Gasteiger partial charge in [-0.3, -0.25) is 19.2 Å². The number of cyclic esters (lactones) is 1. The quantitative estimate of drug-likeness (QED) is 0.0307. The molecule has 0 unspecified atom stereocenters. The predicted octanol–water partition coefficient (Wildman–Crippen LogP) is 10.6. The van der Waals surface area contributed by atoms with Gasteiger partial charge < -0.3 is 25.8 Å². The van der Waals surface area contributed by atoms with E-state index in [0.717, 1.165) is 33.4 Å². The summed E-state index contributed by atoms with van der Waals surface area (Å²) < 4.78 is 4.64. The van der Waals surface area contributed by atoms with Crippen LogP contribution in [0.5, 0.6) is 0 Å². The Morgan fingerprint density at radius 3 is 1.36 bits per heavy atom. The largest absolute Gasteiger partial charge is 0.457 e. The molecular weight excluding hydrogens is 935 g/mol. The second-order valence-electron chi connectivity index (χ2n) is 19.0. The van der Waals surface area contributed by atoms with Gasteiger partial charge in [-0.2, -0.15) is 0 Å². The third-order valence-electron chi connectivity index (χ3n) is 13.0. The summed E-state index contributed by atoms with van der Waals surface area (Å²) in [6, 6.07) is 58.5. The monoisotopic (exact) mass is 1000 g/mol. The number of hydrogen-bond donors (Lipinski definition) is 4. The van der Waals surface area contributed by atoms with E-state index < -0.39 is 69.9 Å². The zero-order chi connectivity index (χ0) is 50.9. The Bertz CT molecular complexity index is 2480. The SMILES string of the molecule is CC(C)C[C@H]1NC(=O)C[C@@H](C=CCCSC(c2ccccc2)(c2ccccc2)c2ccccc2)OC(=O)C[C@@H](O)[C@@H](C(C)C)NC(=O)[C@@H](CSC(c2ccccc2)(c2ccccc2)c2ccccc2)NC1=O. The number of rotatable bonds is 17. The minimum atomic E-state index is -1.33. The Labute approximate surface area is 434 Å². The Balaban J connectivity index is 1.16. The van der Waals surface area contributed by atoms with Gasteiger partial charge in [-0.05, 0) is 69.9 Å². The molecule has 374 valence electrons. The standard InChI is InChI=1S/C61H67N3O6S2/c1-43(2)39-52-58(68)63-53(42-72-61(48-31-17-8-18-32-48,49-33-19-9-20-34-49)50-35-21-10-22-36-50)59(69)64-57(44(3)4)54(65)41-56(67)70-51(40-55(66)62-52)37-23-24-38-71-60(45-25-11-5-12-26-45,46-27-13-6-14-28-46)47-29-15-7-16-30-47/h5-23,25-37,43-44,51-54,57,65H,24,38-42H2,1-4H3,(H,62,66)(H,63,68)(H,64,69)/t51-,52-,53-,54-,57-/m1/s1. The number of carbonyl (C=O) groups excluding carboxylic acids is 4. The summed E-state index contributed by atoms with van der Waals surface area (Å²) in [6.07, 6.45) is 1.50. The summed E-state index contributed by atoms with van der Waals surface area (Å²) in [5, 5.41) is 20.7. The minimum absolute atomic E-state index is 0.00653. The maximum absolute atomic E-state index is 14.7. The van der Waals surface area contributed by atoms with Gasteiger partial charge >= 0.3 is 5.97 Å². The number of esters is 1. The van der Waals surface area contributed by atoms with Crippen LogP contribution in [0.15, 0.2) is 194 Å². The maximum atomic E-state index is 14.7. The predicted molar refractivity (Wildman–Crippen MR) is 292 cm³/mol. The molecule has 1 heterocycles. The number of aliphatic hydroxyl groups is 1. The van der Waals surface area contributed by atoms with E-state index in [9.17, 15) is 24.3 Å². The lowest BCUT2D eigenvalue weighted by atomic mass is 9.84. The first-order chi connectivity index (χ1) is 34.9. The maximum Gasteiger partial charge on any atom is 0.309 e. The van der Waals surface area contributed by atoms with Crippen LogP contribution in [0.3, 0.4) is 0 Å². The molecule has 1 aliphatic rings. The first-order valence-electron chi connectivity index (χ1n) is 25.0. The fourth-order valence-corrected chi connectivity index (χ4v) is 12.5. The smallest absolute Gasteiger partial charge is 0.309 e. The Kier molecular flexibility index (Phi) is 19.1. The van der Waals surface area contributed by atoms with Crippen molar-refractivity contribution in [3.05, 3.63) is 228 Å². The lowest BCUT2D eigenvalue weighted by molar-refractivity contribution is -0.151. The molecule has 0 saturated carbocycles. The highest BCUT2D eigenvalue weighted by Crippen LogP contribution is 2.50. The van der Waals surface area contributed by atoms with Gasteiger partial charge in [-0.1, -0.05) is 216 Å². The van der Waals surface area contributed by atoms with Gasteiger partial charge in [0.15, 0.2) is 0 Å². The van der Waals surface area contributed by atoms with E-state index in [1.807, 2.05) is 107 Å². The number of ether oxygens (including phenoxy) is 1. The number of amides is 3. The average Bonchev–Trinajstić information content (AvgIpc) is 3.39. The van der Waals surface area contributed by atoms with E-state index in [1.165, 1.54) is 11.8 Å². The molecular formula is C61H67N3O6S2. The minimum Gasteiger partial charge on any atom is -0.457 e. The fourth-order valence-electron chi connectivity index (χ4n) is 9.50. The molecule has 72 heavy (non-hydrogen) atoms. The molecule has 0 spiro atoms. The van der Waals surface area contributed by atoms with Crippen molar-refractivity contribution in [1.82, 2.24) is 16.0 Å². The lowest BCUT2D eigenvalue weighted by Crippen LogP contribution is -2.58. The Morgan fingerprint density at radius 2 is 0.958 bits per heavy atom. The van der Waals surface area contributed by atoms with Crippen molar-refractivity contribution in [1.29, 1.82) is 0 Å². The van der Waals surface area contributed by atoms with Gasteiger partial charge in [0.05, 0.1) is 34.5 Å². The third-order valence-corrected chi connectivity index (χ3v) is 16.2. The fraction of sp³-hybridized carbons (Fsp3) is 0.311. The first kappa shape index (κ1) is 53.4. The number of benzene rings is 6. The summed E-state index contributed by atoms with van der Waals surface area (Å²) in [6.45, 7) is 7.64.